The molecule has 0 radical (unpaired) electrons. The molecule has 4 aromatic rings. The molecule has 8 rings (SSSR count). The first-order chi connectivity index (χ1) is 27.9. The number of nitrogens with zero attached hydrogens (tertiary/aromatic N) is 3. The van der Waals surface area contributed by atoms with Crippen LogP contribution in [0.2, 0.25) is 10.0 Å². The summed E-state index contributed by atoms with van der Waals surface area (Å²) in [6, 6.07) is 14.5. The summed E-state index contributed by atoms with van der Waals surface area (Å²) in [6.07, 6.45) is -2.48. The number of anilines is 2. The van der Waals surface area contributed by atoms with Crippen LogP contribution in [0.15, 0.2) is 87.5 Å². The zero-order valence-electron chi connectivity index (χ0n) is 30.6. The van der Waals surface area contributed by atoms with Crippen molar-refractivity contribution in [3.63, 3.8) is 0 Å². The number of methoxy groups -OCH3 is 1. The molecule has 2 saturated heterocycles. The summed E-state index contributed by atoms with van der Waals surface area (Å²) in [5.74, 6) is -8.51. The fraction of sp³-hybridized carbons (Fsp3) is 0.268. The van der Waals surface area contributed by atoms with Gasteiger partial charge in [0.25, 0.3) is 11.8 Å². The first-order valence-corrected chi connectivity index (χ1v) is 20.3. The van der Waals surface area contributed by atoms with Gasteiger partial charge in [-0.05, 0) is 117 Å². The Kier molecular flexibility index (Phi) is 10.2. The Balaban J connectivity index is 1.33. The third-order valence-corrected chi connectivity index (χ3v) is 14.5. The van der Waals surface area contributed by atoms with E-state index in [9.17, 15) is 37.5 Å². The van der Waals surface area contributed by atoms with Crippen LogP contribution in [0.1, 0.15) is 52.7 Å². The number of imide groups is 2. The number of allylic oxidation sites excluding steroid dienone is 2. The van der Waals surface area contributed by atoms with Crippen molar-refractivity contribution in [2.24, 2.45) is 23.7 Å². The number of benzene rings is 3. The molecule has 4 amide bonds. The zero-order chi connectivity index (χ0) is 42.5. The number of phenolic OH excluding ortho intramolecular Hbond substituents is 1. The van der Waals surface area contributed by atoms with Crippen LogP contribution < -0.4 is 15.1 Å². The van der Waals surface area contributed by atoms with Gasteiger partial charge in [-0.2, -0.15) is 18.2 Å². The Hall–Kier alpha value is -4.77. The van der Waals surface area contributed by atoms with Crippen LogP contribution in [0.4, 0.5) is 24.7 Å². The number of halogens is 7. The van der Waals surface area contributed by atoms with E-state index in [1.165, 1.54) is 44.4 Å². The molecule has 2 N–H and O–H groups in total. The SMILES string of the molecule is COc1cc(C2C3=CCC4C(=O)N(c5ccc(C(C)=O)cc5)C(=O)C4C3CC3C(=O)N(Nc4ncc(C(F)(F)F)cc4Cl)C(=O)C32c2ccc(Cl)cc2)c(Br)c(Br)c1O. The van der Waals surface area contributed by atoms with Gasteiger partial charge in [0.1, 0.15) is 0 Å². The van der Waals surface area contributed by atoms with Crippen molar-refractivity contribution in [3.05, 3.63) is 120 Å². The first-order valence-electron chi connectivity index (χ1n) is 18.0. The quantitative estimate of drug-likeness (QED) is 0.105. The summed E-state index contributed by atoms with van der Waals surface area (Å²) in [7, 11) is 1.34. The van der Waals surface area contributed by atoms with Crippen molar-refractivity contribution in [2.75, 3.05) is 17.4 Å². The number of amides is 4. The fourth-order valence-electron chi connectivity index (χ4n) is 9.20. The molecule has 11 nitrogen and oxygen atoms in total. The minimum Gasteiger partial charge on any atom is -0.503 e. The Morgan fingerprint density at radius 1 is 0.966 bits per heavy atom. The predicted molar refractivity (Wildman–Crippen MR) is 216 cm³/mol. The van der Waals surface area contributed by atoms with Gasteiger partial charge in [0.2, 0.25) is 11.8 Å². The van der Waals surface area contributed by atoms with Crippen LogP contribution in [0, 0.1) is 23.7 Å². The molecule has 2 aliphatic heterocycles. The van der Waals surface area contributed by atoms with E-state index in [0.717, 1.165) is 4.90 Å². The number of hydrazine groups is 1. The Labute approximate surface area is 360 Å². The van der Waals surface area contributed by atoms with Gasteiger partial charge in [-0.25, -0.2) is 4.98 Å². The van der Waals surface area contributed by atoms with Gasteiger partial charge in [-0.15, -0.1) is 0 Å². The average molecular weight is 977 g/mol. The van der Waals surface area contributed by atoms with E-state index in [4.69, 9.17) is 27.9 Å². The zero-order valence-corrected chi connectivity index (χ0v) is 35.3. The number of fused-ring (bicyclic) bond motifs is 4. The number of phenols is 1. The highest BCUT2D eigenvalue weighted by atomic mass is 79.9. The summed E-state index contributed by atoms with van der Waals surface area (Å²) in [4.78, 5) is 76.2. The molecule has 0 bridgehead atoms. The maximum absolute atomic E-state index is 15.5. The maximum Gasteiger partial charge on any atom is 0.417 e. The minimum atomic E-state index is -4.78. The van der Waals surface area contributed by atoms with Gasteiger partial charge < -0.3 is 9.84 Å². The molecular formula is C41H29Br2Cl2F3N4O7. The third kappa shape index (κ3) is 6.27. The lowest BCUT2D eigenvalue weighted by molar-refractivity contribution is -0.139. The Morgan fingerprint density at radius 2 is 1.64 bits per heavy atom. The molecule has 3 fully saturated rings. The van der Waals surface area contributed by atoms with E-state index in [1.54, 1.807) is 24.3 Å². The van der Waals surface area contributed by atoms with Gasteiger partial charge in [0.05, 0.1) is 51.0 Å². The van der Waals surface area contributed by atoms with Gasteiger partial charge in [-0.3, -0.25) is 34.3 Å². The van der Waals surface area contributed by atoms with E-state index < -0.39 is 81.2 Å². The van der Waals surface area contributed by atoms with Crippen molar-refractivity contribution in [1.29, 1.82) is 0 Å². The summed E-state index contributed by atoms with van der Waals surface area (Å²) in [5, 5.41) is 11.5. The Morgan fingerprint density at radius 3 is 2.25 bits per heavy atom. The van der Waals surface area contributed by atoms with E-state index in [2.05, 4.69) is 42.3 Å². The molecule has 18 heteroatoms. The number of ether oxygens (including phenoxy) is 1. The molecule has 6 atom stereocenters. The number of Topliss-reactive ketones (excluding diaryl/α,β-unsaturated/α-hetero) is 1. The fourth-order valence-corrected chi connectivity index (χ4v) is 10.5. The summed E-state index contributed by atoms with van der Waals surface area (Å²) >= 11 is 19.7. The molecule has 6 unspecified atom stereocenters. The van der Waals surface area contributed by atoms with E-state index >= 15 is 4.79 Å². The second-order valence-corrected chi connectivity index (χ2v) is 17.1. The lowest BCUT2D eigenvalue weighted by atomic mass is 9.49. The number of nitrogens with one attached hydrogen (secondary N) is 1. The number of hydrogen-bond acceptors (Lipinski definition) is 9. The Bertz CT molecular complexity index is 2540. The molecule has 0 spiro atoms. The third-order valence-electron chi connectivity index (χ3n) is 11.8. The number of carbonyl (C=O) groups excluding carboxylic acids is 5. The number of hydrogen-bond donors (Lipinski definition) is 2. The number of aromatic hydroxyl groups is 1. The van der Waals surface area contributed by atoms with Crippen LogP contribution in [-0.2, 0) is 30.8 Å². The van der Waals surface area contributed by atoms with Crippen LogP contribution in [0.3, 0.4) is 0 Å². The van der Waals surface area contributed by atoms with Crippen molar-refractivity contribution in [3.8, 4) is 11.5 Å². The number of ketones is 1. The van der Waals surface area contributed by atoms with Crippen LogP contribution in [0.25, 0.3) is 0 Å². The lowest BCUT2D eigenvalue weighted by Crippen LogP contribution is -2.53. The van der Waals surface area contributed by atoms with Gasteiger partial charge in [-0.1, -0.05) is 47.0 Å². The smallest absolute Gasteiger partial charge is 0.417 e. The largest absolute Gasteiger partial charge is 0.503 e. The van der Waals surface area contributed by atoms with Crippen LogP contribution in [0.5, 0.6) is 11.5 Å². The normalized spacial score (nSPS) is 25.1. The topological polar surface area (TPSA) is 146 Å². The summed E-state index contributed by atoms with van der Waals surface area (Å²) in [5.41, 5.74) is 1.52. The number of alkyl halides is 3. The van der Waals surface area contributed by atoms with Gasteiger partial charge >= 0.3 is 6.18 Å². The second-order valence-electron chi connectivity index (χ2n) is 14.7. The van der Waals surface area contributed by atoms with Crippen molar-refractivity contribution >= 4 is 96.0 Å². The highest BCUT2D eigenvalue weighted by Crippen LogP contribution is 2.66. The molecule has 4 aliphatic rings. The first kappa shape index (κ1) is 41.0. The van der Waals surface area contributed by atoms with Crippen molar-refractivity contribution < 1.29 is 47.0 Å². The predicted octanol–water partition coefficient (Wildman–Crippen LogP) is 9.04. The minimum absolute atomic E-state index is 0.00841. The molecule has 2 aliphatic carbocycles. The average Bonchev–Trinajstić information content (AvgIpc) is 3.58. The van der Waals surface area contributed by atoms with Crippen LogP contribution >= 0.6 is 55.1 Å². The molecule has 3 heterocycles. The number of pyridine rings is 1. The standard InChI is InChI=1S/C41H29Br2Cl2F3N4O7/c1-17(53)18-3-9-22(10-4-18)51-36(55)24-12-11-23-25(30(24)38(51)57)14-27-37(56)52(50-35-28(45)13-20(16-49-35)41(46,47)48)39(58)40(27,19-5-7-21(44)8-6-19)31(23)26-15-29(59-2)34(54)33(43)32(26)42/h3-11,13,15-16,24-25,27,30-31,54H,12,14H2,1-2H3,(H,49,50). The molecule has 1 aromatic heterocycles. The highest BCUT2D eigenvalue weighted by molar-refractivity contribution is 9.13. The van der Waals surface area contributed by atoms with Crippen molar-refractivity contribution in [2.45, 2.75) is 37.3 Å². The molecule has 59 heavy (non-hydrogen) atoms. The van der Waals surface area contributed by atoms with E-state index in [1.807, 2.05) is 6.08 Å². The maximum atomic E-state index is 15.5. The number of aromatic nitrogens is 1. The van der Waals surface area contributed by atoms with Gasteiger partial charge in [0, 0.05) is 27.2 Å². The lowest BCUT2D eigenvalue weighted by Gasteiger charge is -2.51. The van der Waals surface area contributed by atoms with Crippen LogP contribution in [-0.4, -0.2) is 51.6 Å². The number of rotatable bonds is 7. The molecular weight excluding hydrogens is 948 g/mol. The highest BCUT2D eigenvalue weighted by Gasteiger charge is 2.71. The molecule has 304 valence electrons. The molecule has 3 aromatic carbocycles. The summed E-state index contributed by atoms with van der Waals surface area (Å²) in [6.45, 7) is 1.40. The van der Waals surface area contributed by atoms with Crippen molar-refractivity contribution in [1.82, 2.24) is 9.99 Å². The summed E-state index contributed by atoms with van der Waals surface area (Å²) < 4.78 is 46.7. The van der Waals surface area contributed by atoms with E-state index in [-0.39, 0.29) is 44.8 Å². The van der Waals surface area contributed by atoms with Gasteiger partial charge in [0.15, 0.2) is 23.1 Å². The van der Waals surface area contributed by atoms with E-state index in [0.29, 0.717) is 44.6 Å². The monoisotopic (exact) mass is 974 g/mol. The molecule has 1 saturated carbocycles. The second kappa shape index (κ2) is 14.7. The number of carbonyl (C=O) groups is 5.